The van der Waals surface area contributed by atoms with Gasteiger partial charge in [-0.1, -0.05) is 36.9 Å². The van der Waals surface area contributed by atoms with Crippen molar-refractivity contribution in [2.75, 3.05) is 0 Å². The molecule has 5 heteroatoms. The number of allylic oxidation sites excluding steroid dienone is 1. The summed E-state index contributed by atoms with van der Waals surface area (Å²) in [4.78, 5) is 12.1. The van der Waals surface area contributed by atoms with Gasteiger partial charge in [0.05, 0.1) is 4.92 Å². The quantitative estimate of drug-likeness (QED) is 0.650. The minimum Gasteiger partial charge on any atom is -0.393 e. The summed E-state index contributed by atoms with van der Waals surface area (Å²) in [6, 6.07) is 9.67. The molecule has 0 unspecified atom stereocenters. The van der Waals surface area contributed by atoms with Crippen LogP contribution in [0.5, 0.6) is 0 Å². The molecule has 0 bridgehead atoms. The van der Waals surface area contributed by atoms with Crippen LogP contribution in [-0.4, -0.2) is 9.82 Å². The van der Waals surface area contributed by atoms with Crippen molar-refractivity contribution < 1.29 is 4.92 Å². The average molecular weight is 243 g/mol. The van der Waals surface area contributed by atoms with Gasteiger partial charge in [-0.15, -0.1) is 0 Å². The van der Waals surface area contributed by atoms with E-state index < -0.39 is 4.92 Å². The van der Waals surface area contributed by atoms with E-state index in [2.05, 4.69) is 6.58 Å². The maximum Gasteiger partial charge on any atom is 0.314 e. The third-order valence-electron chi connectivity index (χ3n) is 2.71. The molecule has 1 aliphatic heterocycles. The van der Waals surface area contributed by atoms with E-state index >= 15 is 0 Å². The molecule has 2 N–H and O–H groups in total. The molecular formula is C13H13N3O2. The molecule has 92 valence electrons. The molecule has 0 aliphatic carbocycles. The molecule has 2 rings (SSSR count). The molecule has 1 aromatic rings. The minimum atomic E-state index is -0.501. The lowest BCUT2D eigenvalue weighted by Crippen LogP contribution is -2.25. The monoisotopic (exact) mass is 243 g/mol. The Morgan fingerprint density at radius 2 is 2.00 bits per heavy atom. The van der Waals surface area contributed by atoms with Crippen molar-refractivity contribution in [3.05, 3.63) is 82.0 Å². The maximum atomic E-state index is 10.9. The van der Waals surface area contributed by atoms with Crippen molar-refractivity contribution in [1.29, 1.82) is 0 Å². The first-order chi connectivity index (χ1) is 8.59. The highest BCUT2D eigenvalue weighted by molar-refractivity contribution is 5.37. The second-order valence-electron chi connectivity index (χ2n) is 3.94. The largest absolute Gasteiger partial charge is 0.393 e. The second-order valence-corrected chi connectivity index (χ2v) is 3.94. The summed E-state index contributed by atoms with van der Waals surface area (Å²) in [5, 5.41) is 10.9. The number of nitrogens with zero attached hydrogens (tertiary/aromatic N) is 2. The van der Waals surface area contributed by atoms with Crippen molar-refractivity contribution >= 4 is 0 Å². The summed E-state index contributed by atoms with van der Waals surface area (Å²) in [6.45, 7) is 4.27. The van der Waals surface area contributed by atoms with E-state index in [1.165, 1.54) is 6.08 Å². The number of benzene rings is 1. The number of hydrogen-bond donors (Lipinski definition) is 1. The Morgan fingerprint density at radius 3 is 2.61 bits per heavy atom. The van der Waals surface area contributed by atoms with Crippen molar-refractivity contribution in [3.8, 4) is 0 Å². The molecule has 1 aromatic carbocycles. The predicted octanol–water partition coefficient (Wildman–Crippen LogP) is 1.98. The van der Waals surface area contributed by atoms with Gasteiger partial charge in [0.1, 0.15) is 11.4 Å². The Labute approximate surface area is 105 Å². The van der Waals surface area contributed by atoms with Crippen molar-refractivity contribution in [2.24, 2.45) is 5.73 Å². The Kier molecular flexibility index (Phi) is 3.14. The molecule has 0 atom stereocenters. The van der Waals surface area contributed by atoms with Gasteiger partial charge < -0.3 is 10.6 Å². The van der Waals surface area contributed by atoms with Crippen LogP contribution in [0.1, 0.15) is 5.56 Å². The van der Waals surface area contributed by atoms with E-state index in [0.717, 1.165) is 5.56 Å². The van der Waals surface area contributed by atoms with Crippen LogP contribution in [0.3, 0.4) is 0 Å². The zero-order chi connectivity index (χ0) is 13.1. The van der Waals surface area contributed by atoms with Crippen LogP contribution in [0.4, 0.5) is 0 Å². The summed E-state index contributed by atoms with van der Waals surface area (Å²) >= 11 is 0. The van der Waals surface area contributed by atoms with E-state index in [4.69, 9.17) is 5.73 Å². The van der Waals surface area contributed by atoms with Gasteiger partial charge >= 0.3 is 5.70 Å². The molecule has 5 nitrogen and oxygen atoms in total. The first-order valence-electron chi connectivity index (χ1n) is 5.42. The maximum absolute atomic E-state index is 10.9. The van der Waals surface area contributed by atoms with Crippen LogP contribution in [0.15, 0.2) is 66.3 Å². The van der Waals surface area contributed by atoms with E-state index in [1.807, 2.05) is 30.3 Å². The third-order valence-corrected chi connectivity index (χ3v) is 2.71. The zero-order valence-corrected chi connectivity index (χ0v) is 9.74. The van der Waals surface area contributed by atoms with Gasteiger partial charge in [0, 0.05) is 12.7 Å². The van der Waals surface area contributed by atoms with Crippen LogP contribution >= 0.6 is 0 Å². The molecule has 0 saturated heterocycles. The van der Waals surface area contributed by atoms with Crippen molar-refractivity contribution in [2.45, 2.75) is 6.54 Å². The van der Waals surface area contributed by atoms with E-state index in [0.29, 0.717) is 12.2 Å². The zero-order valence-electron chi connectivity index (χ0n) is 9.74. The molecule has 0 saturated carbocycles. The van der Waals surface area contributed by atoms with Crippen LogP contribution in [0.2, 0.25) is 0 Å². The van der Waals surface area contributed by atoms with E-state index in [-0.39, 0.29) is 11.4 Å². The highest BCUT2D eigenvalue weighted by Crippen LogP contribution is 2.23. The summed E-state index contributed by atoms with van der Waals surface area (Å²) in [7, 11) is 0. The van der Waals surface area contributed by atoms with Crippen LogP contribution in [-0.2, 0) is 6.54 Å². The topological polar surface area (TPSA) is 72.4 Å². The van der Waals surface area contributed by atoms with Gasteiger partial charge in [-0.05, 0) is 11.6 Å². The number of nitro groups is 1. The summed E-state index contributed by atoms with van der Waals surface area (Å²) < 4.78 is 0. The summed E-state index contributed by atoms with van der Waals surface area (Å²) in [5.74, 6) is 0. The lowest BCUT2D eigenvalue weighted by molar-refractivity contribution is -0.423. The molecule has 0 radical (unpaired) electrons. The number of hydrogen-bond acceptors (Lipinski definition) is 4. The van der Waals surface area contributed by atoms with Gasteiger partial charge in [-0.2, -0.15) is 0 Å². The van der Waals surface area contributed by atoms with Crippen LogP contribution < -0.4 is 5.73 Å². The average Bonchev–Trinajstić information content (AvgIpc) is 2.34. The Hall–Kier alpha value is -2.56. The van der Waals surface area contributed by atoms with Crippen molar-refractivity contribution in [3.63, 3.8) is 0 Å². The first kappa shape index (κ1) is 11.9. The van der Waals surface area contributed by atoms with Crippen LogP contribution in [0.25, 0.3) is 0 Å². The lowest BCUT2D eigenvalue weighted by Gasteiger charge is -2.24. The van der Waals surface area contributed by atoms with Crippen LogP contribution in [0, 0.1) is 10.1 Å². The fourth-order valence-electron chi connectivity index (χ4n) is 1.78. The van der Waals surface area contributed by atoms with Crippen molar-refractivity contribution in [1.82, 2.24) is 4.90 Å². The number of rotatable bonds is 3. The Balaban J connectivity index is 2.22. The van der Waals surface area contributed by atoms with Gasteiger partial charge in [0.15, 0.2) is 0 Å². The summed E-state index contributed by atoms with van der Waals surface area (Å²) in [5.41, 5.74) is 6.95. The minimum absolute atomic E-state index is 0.131. The molecule has 1 aliphatic rings. The smallest absolute Gasteiger partial charge is 0.314 e. The van der Waals surface area contributed by atoms with E-state index in [1.54, 1.807) is 11.1 Å². The van der Waals surface area contributed by atoms with Gasteiger partial charge in [0.2, 0.25) is 0 Å². The molecule has 0 aromatic heterocycles. The Morgan fingerprint density at radius 1 is 1.33 bits per heavy atom. The molecular weight excluding hydrogens is 230 g/mol. The lowest BCUT2D eigenvalue weighted by atomic mass is 10.1. The molecule has 0 spiro atoms. The third kappa shape index (κ3) is 2.24. The normalized spacial score (nSPS) is 15.1. The highest BCUT2D eigenvalue weighted by Gasteiger charge is 2.26. The van der Waals surface area contributed by atoms with Gasteiger partial charge in [-0.25, -0.2) is 0 Å². The molecule has 18 heavy (non-hydrogen) atoms. The fourth-order valence-corrected chi connectivity index (χ4v) is 1.78. The molecule has 0 amide bonds. The Bertz CT molecular complexity index is 547. The standard InChI is InChI=1S/C13H13N3O2/c1-10-13(16(17)18)12(14)7-8-15(10)9-11-5-3-2-4-6-11/h2-8H,1,9,14H2. The fraction of sp³-hybridized carbons (Fsp3) is 0.0769. The number of nitrogens with two attached hydrogens (primary N) is 1. The first-order valence-corrected chi connectivity index (χ1v) is 5.42. The second kappa shape index (κ2) is 4.75. The molecule has 1 heterocycles. The molecule has 0 fully saturated rings. The highest BCUT2D eigenvalue weighted by atomic mass is 16.6. The van der Waals surface area contributed by atoms with Gasteiger partial charge in [0.25, 0.3) is 0 Å². The summed E-state index contributed by atoms with van der Waals surface area (Å²) in [6.07, 6.45) is 3.23. The van der Waals surface area contributed by atoms with Gasteiger partial charge in [-0.3, -0.25) is 10.1 Å². The SMILES string of the molecule is C=C1C([N+](=O)[O-])=C(N)C=CN1Cc1ccccc1. The van der Waals surface area contributed by atoms with E-state index in [9.17, 15) is 10.1 Å². The predicted molar refractivity (Wildman–Crippen MR) is 68.5 cm³/mol.